The zero-order valence-corrected chi connectivity index (χ0v) is 23.7. The van der Waals surface area contributed by atoms with Crippen LogP contribution in [0.1, 0.15) is 56.1 Å². The molecule has 0 unspecified atom stereocenters. The molecule has 1 aromatic carbocycles. The number of nitriles is 1. The number of rotatable bonds is 7. The van der Waals surface area contributed by atoms with E-state index in [2.05, 4.69) is 11.1 Å². The zero-order valence-electron chi connectivity index (χ0n) is 22.2. The third-order valence-corrected chi connectivity index (χ3v) is 9.39. The lowest BCUT2D eigenvalue weighted by Crippen LogP contribution is -2.46. The Kier molecular flexibility index (Phi) is 8.64. The maximum atomic E-state index is 13.7. The lowest BCUT2D eigenvalue weighted by atomic mass is 9.83. The number of likely N-dealkylation sites (tertiary alicyclic amines) is 2. The second kappa shape index (κ2) is 12.1. The summed E-state index contributed by atoms with van der Waals surface area (Å²) in [6, 6.07) is 11.4. The van der Waals surface area contributed by atoms with E-state index < -0.39 is 0 Å². The number of aromatic nitrogens is 1. The van der Waals surface area contributed by atoms with Gasteiger partial charge < -0.3 is 14.5 Å². The van der Waals surface area contributed by atoms with Crippen LogP contribution in [0, 0.1) is 29.1 Å². The topological polar surface area (TPSA) is 86.5 Å². The first-order valence-electron chi connectivity index (χ1n) is 13.8. The number of halogens is 2. The van der Waals surface area contributed by atoms with Crippen LogP contribution in [0.4, 0.5) is 0 Å². The van der Waals surface area contributed by atoms with Gasteiger partial charge >= 0.3 is 0 Å². The van der Waals surface area contributed by atoms with Gasteiger partial charge in [0.25, 0.3) is 0 Å². The van der Waals surface area contributed by atoms with Crippen LogP contribution in [0.5, 0.6) is 5.88 Å². The van der Waals surface area contributed by atoms with E-state index in [1.165, 1.54) is 0 Å². The number of piperidine rings is 1. The lowest BCUT2D eigenvalue weighted by Gasteiger charge is -2.37. The Morgan fingerprint density at radius 2 is 1.74 bits per heavy atom. The maximum Gasteiger partial charge on any atom is 0.225 e. The number of carbonyl (C=O) groups is 2. The Morgan fingerprint density at radius 1 is 1.03 bits per heavy atom. The van der Waals surface area contributed by atoms with E-state index in [0.29, 0.717) is 61.4 Å². The summed E-state index contributed by atoms with van der Waals surface area (Å²) in [5, 5.41) is 9.90. The summed E-state index contributed by atoms with van der Waals surface area (Å²) in [7, 11) is 0. The SMILES string of the molecule is C[C@@H](Oc1ccc(CC#N)cn1)[C@H]1CN(C(=O)C2CCN(C(=O)C3CCC3)CC2)C[C@@H]1c1ccc(Cl)c(Cl)c1. The van der Waals surface area contributed by atoms with Crippen LogP contribution >= 0.6 is 23.2 Å². The van der Waals surface area contributed by atoms with E-state index >= 15 is 0 Å². The number of carbonyl (C=O) groups excluding carboxylic acids is 2. The van der Waals surface area contributed by atoms with E-state index in [4.69, 9.17) is 33.2 Å². The summed E-state index contributed by atoms with van der Waals surface area (Å²) in [5.41, 5.74) is 1.86. The Labute approximate surface area is 240 Å². The molecule has 206 valence electrons. The minimum absolute atomic E-state index is 0.0204. The smallest absolute Gasteiger partial charge is 0.225 e. The normalized spacial score (nSPS) is 22.7. The van der Waals surface area contributed by atoms with Gasteiger partial charge in [-0.3, -0.25) is 9.59 Å². The Morgan fingerprint density at radius 3 is 2.36 bits per heavy atom. The highest BCUT2D eigenvalue weighted by atomic mass is 35.5. The Bertz CT molecular complexity index is 1240. The first-order chi connectivity index (χ1) is 18.8. The molecule has 2 amide bonds. The monoisotopic (exact) mass is 568 g/mol. The Balaban J connectivity index is 1.28. The van der Waals surface area contributed by atoms with Crippen LogP contribution in [-0.4, -0.2) is 58.9 Å². The summed E-state index contributed by atoms with van der Waals surface area (Å²) >= 11 is 12.6. The first kappa shape index (κ1) is 27.7. The minimum atomic E-state index is -0.224. The van der Waals surface area contributed by atoms with Gasteiger partial charge in [0.05, 0.1) is 22.5 Å². The lowest BCUT2D eigenvalue weighted by molar-refractivity contribution is -0.143. The fourth-order valence-corrected chi connectivity index (χ4v) is 6.36. The highest BCUT2D eigenvalue weighted by Gasteiger charge is 2.43. The summed E-state index contributed by atoms with van der Waals surface area (Å²) in [4.78, 5) is 34.7. The standard InChI is InChI=1S/C30H34Cl2N4O3/c1-19(39-28-8-5-20(9-12-33)16-34-28)24-17-36(18-25(24)23-6-7-26(31)27(32)15-23)30(38)22-10-13-35(14-11-22)29(37)21-3-2-4-21/h5-8,15-16,19,21-22,24-25H,2-4,9-11,13-14,17-18H2,1H3/t19-,24-,25-/m1/s1. The number of hydrogen-bond acceptors (Lipinski definition) is 5. The van der Waals surface area contributed by atoms with Crippen molar-refractivity contribution in [3.63, 3.8) is 0 Å². The third kappa shape index (κ3) is 6.18. The number of amides is 2. The molecular weight excluding hydrogens is 535 g/mol. The minimum Gasteiger partial charge on any atom is -0.474 e. The molecule has 39 heavy (non-hydrogen) atoms. The van der Waals surface area contributed by atoms with Gasteiger partial charge in [-0.25, -0.2) is 4.98 Å². The van der Waals surface area contributed by atoms with E-state index in [1.54, 1.807) is 18.3 Å². The molecule has 0 spiro atoms. The molecule has 2 saturated heterocycles. The summed E-state index contributed by atoms with van der Waals surface area (Å²) in [6.45, 7) is 4.47. The van der Waals surface area contributed by atoms with Crippen LogP contribution in [0.3, 0.4) is 0 Å². The molecule has 3 atom stereocenters. The summed E-state index contributed by atoms with van der Waals surface area (Å²) < 4.78 is 6.25. The summed E-state index contributed by atoms with van der Waals surface area (Å²) in [5.74, 6) is 1.09. The quantitative estimate of drug-likeness (QED) is 0.440. The van der Waals surface area contributed by atoms with Crippen molar-refractivity contribution >= 4 is 35.0 Å². The first-order valence-corrected chi connectivity index (χ1v) is 14.6. The number of pyridine rings is 1. The van der Waals surface area contributed by atoms with Gasteiger partial charge in [0, 0.05) is 62.1 Å². The van der Waals surface area contributed by atoms with Gasteiger partial charge in [0.15, 0.2) is 0 Å². The van der Waals surface area contributed by atoms with Crippen molar-refractivity contribution in [3.05, 3.63) is 57.7 Å². The van der Waals surface area contributed by atoms with Crippen molar-refractivity contribution in [1.29, 1.82) is 5.26 Å². The molecule has 3 aliphatic rings. The van der Waals surface area contributed by atoms with Gasteiger partial charge in [0.2, 0.25) is 17.7 Å². The largest absolute Gasteiger partial charge is 0.474 e. The highest BCUT2D eigenvalue weighted by molar-refractivity contribution is 6.42. The molecule has 0 radical (unpaired) electrons. The van der Waals surface area contributed by atoms with Crippen molar-refractivity contribution in [3.8, 4) is 11.9 Å². The summed E-state index contributed by atoms with van der Waals surface area (Å²) in [6.07, 6.45) is 6.31. The average Bonchev–Trinajstić information content (AvgIpc) is 3.36. The van der Waals surface area contributed by atoms with Gasteiger partial charge in [-0.15, -0.1) is 0 Å². The predicted molar refractivity (Wildman–Crippen MR) is 150 cm³/mol. The van der Waals surface area contributed by atoms with Crippen molar-refractivity contribution in [2.75, 3.05) is 26.2 Å². The molecule has 2 aliphatic heterocycles. The molecule has 7 nitrogen and oxygen atoms in total. The third-order valence-electron chi connectivity index (χ3n) is 8.65. The second-order valence-corrected chi connectivity index (χ2v) is 11.9. The molecule has 3 heterocycles. The van der Waals surface area contributed by atoms with Gasteiger partial charge in [-0.1, -0.05) is 41.8 Å². The maximum absolute atomic E-state index is 13.7. The molecule has 9 heteroatoms. The van der Waals surface area contributed by atoms with Crippen molar-refractivity contribution < 1.29 is 14.3 Å². The van der Waals surface area contributed by atoms with E-state index in [1.807, 2.05) is 34.9 Å². The molecular formula is C30H34Cl2N4O3. The van der Waals surface area contributed by atoms with Crippen LogP contribution < -0.4 is 4.74 Å². The highest BCUT2D eigenvalue weighted by Crippen LogP contribution is 2.39. The fourth-order valence-electron chi connectivity index (χ4n) is 6.05. The van der Waals surface area contributed by atoms with Crippen LogP contribution in [-0.2, 0) is 16.0 Å². The van der Waals surface area contributed by atoms with E-state index in [-0.39, 0.29) is 41.6 Å². The van der Waals surface area contributed by atoms with Crippen molar-refractivity contribution in [2.24, 2.45) is 17.8 Å². The Hall–Kier alpha value is -2.82. The number of benzene rings is 1. The molecule has 2 aromatic rings. The van der Waals surface area contributed by atoms with Crippen LogP contribution in [0.2, 0.25) is 10.0 Å². The molecule has 3 fully saturated rings. The molecule has 0 N–H and O–H groups in total. The van der Waals surface area contributed by atoms with Crippen LogP contribution in [0.15, 0.2) is 36.5 Å². The number of nitrogens with zero attached hydrogens (tertiary/aromatic N) is 4. The molecule has 5 rings (SSSR count). The number of hydrogen-bond donors (Lipinski definition) is 0. The predicted octanol–water partition coefficient (Wildman–Crippen LogP) is 5.50. The van der Waals surface area contributed by atoms with Crippen molar-refractivity contribution in [1.82, 2.24) is 14.8 Å². The number of ether oxygens (including phenoxy) is 1. The van der Waals surface area contributed by atoms with E-state index in [0.717, 1.165) is 30.4 Å². The fraction of sp³-hybridized carbons (Fsp3) is 0.533. The second-order valence-electron chi connectivity index (χ2n) is 11.1. The van der Waals surface area contributed by atoms with Crippen molar-refractivity contribution in [2.45, 2.75) is 57.5 Å². The molecule has 0 bridgehead atoms. The van der Waals surface area contributed by atoms with Gasteiger partial charge in [-0.05, 0) is 55.9 Å². The molecule has 1 aromatic heterocycles. The molecule has 1 saturated carbocycles. The zero-order chi connectivity index (χ0) is 27.5. The average molecular weight is 570 g/mol. The van der Waals surface area contributed by atoms with Crippen LogP contribution in [0.25, 0.3) is 0 Å². The van der Waals surface area contributed by atoms with Gasteiger partial charge in [0.1, 0.15) is 6.10 Å². The van der Waals surface area contributed by atoms with E-state index in [9.17, 15) is 9.59 Å². The van der Waals surface area contributed by atoms with Gasteiger partial charge in [-0.2, -0.15) is 5.26 Å². The molecule has 1 aliphatic carbocycles.